The Morgan fingerprint density at radius 1 is 1.43 bits per heavy atom. The second-order valence-electron chi connectivity index (χ2n) is 5.20. The molecule has 0 saturated carbocycles. The second kappa shape index (κ2) is 5.93. The van der Waals surface area contributed by atoms with Crippen LogP contribution in [-0.2, 0) is 6.18 Å². The molecule has 0 spiro atoms. The number of rotatable bonds is 3. The summed E-state index contributed by atoms with van der Waals surface area (Å²) < 4.78 is 39.2. The number of likely N-dealkylation sites (N-methyl/N-ethyl adjacent to an activating group) is 1. The molecule has 1 unspecified atom stereocenters. The molecule has 1 aromatic rings. The van der Waals surface area contributed by atoms with E-state index in [4.69, 9.17) is 5.73 Å². The van der Waals surface area contributed by atoms with Crippen LogP contribution < -0.4 is 16.0 Å². The maximum absolute atomic E-state index is 13.1. The standard InChI is InChI=1S/C14H18F3N3O/c1-20(10-3-2-6-19-8-10)9-4-5-11(13(18)21)12(7-9)14(15,16)17/h4-5,7,10,19H,2-3,6,8H2,1H3,(H2,18,21). The maximum atomic E-state index is 13.1. The van der Waals surface area contributed by atoms with Crippen molar-refractivity contribution in [3.05, 3.63) is 29.3 Å². The minimum Gasteiger partial charge on any atom is -0.370 e. The van der Waals surface area contributed by atoms with E-state index >= 15 is 0 Å². The number of piperidine rings is 1. The number of hydrogen-bond acceptors (Lipinski definition) is 3. The first kappa shape index (κ1) is 15.6. The largest absolute Gasteiger partial charge is 0.417 e. The Balaban J connectivity index is 2.34. The monoisotopic (exact) mass is 301 g/mol. The van der Waals surface area contributed by atoms with Crippen LogP contribution in [-0.4, -0.2) is 32.1 Å². The lowest BCUT2D eigenvalue weighted by atomic mass is 10.0. The summed E-state index contributed by atoms with van der Waals surface area (Å²) in [4.78, 5) is 13.0. The van der Waals surface area contributed by atoms with Crippen molar-refractivity contribution in [2.24, 2.45) is 5.73 Å². The molecule has 1 amide bonds. The summed E-state index contributed by atoms with van der Waals surface area (Å²) in [6.45, 7) is 1.66. The van der Waals surface area contributed by atoms with Gasteiger partial charge < -0.3 is 16.0 Å². The number of hydrogen-bond donors (Lipinski definition) is 2. The first-order valence-electron chi connectivity index (χ1n) is 6.75. The zero-order valence-corrected chi connectivity index (χ0v) is 11.7. The lowest BCUT2D eigenvalue weighted by Gasteiger charge is -2.33. The predicted molar refractivity (Wildman–Crippen MR) is 74.3 cm³/mol. The number of benzene rings is 1. The Kier molecular flexibility index (Phi) is 4.41. The van der Waals surface area contributed by atoms with Crippen LogP contribution in [0.5, 0.6) is 0 Å². The lowest BCUT2D eigenvalue weighted by molar-refractivity contribution is -0.137. The first-order chi connectivity index (χ1) is 9.80. The average molecular weight is 301 g/mol. The summed E-state index contributed by atoms with van der Waals surface area (Å²) in [6, 6.07) is 3.78. The fourth-order valence-corrected chi connectivity index (χ4v) is 2.58. The third-order valence-electron chi connectivity index (χ3n) is 3.80. The number of primary amides is 1. The van der Waals surface area contributed by atoms with E-state index in [9.17, 15) is 18.0 Å². The highest BCUT2D eigenvalue weighted by Gasteiger charge is 2.35. The quantitative estimate of drug-likeness (QED) is 0.897. The van der Waals surface area contributed by atoms with E-state index in [1.807, 2.05) is 4.90 Å². The van der Waals surface area contributed by atoms with Crippen molar-refractivity contribution in [2.45, 2.75) is 25.1 Å². The van der Waals surface area contributed by atoms with Gasteiger partial charge in [-0.1, -0.05) is 0 Å². The Morgan fingerprint density at radius 2 is 2.14 bits per heavy atom. The van der Waals surface area contributed by atoms with Gasteiger partial charge in [0.25, 0.3) is 0 Å². The van der Waals surface area contributed by atoms with Gasteiger partial charge in [0.15, 0.2) is 0 Å². The van der Waals surface area contributed by atoms with E-state index in [0.29, 0.717) is 5.69 Å². The average Bonchev–Trinajstić information content (AvgIpc) is 2.45. The van der Waals surface area contributed by atoms with Crippen molar-refractivity contribution in [1.29, 1.82) is 0 Å². The fourth-order valence-electron chi connectivity index (χ4n) is 2.58. The first-order valence-corrected chi connectivity index (χ1v) is 6.75. The molecule has 0 radical (unpaired) electrons. The van der Waals surface area contributed by atoms with Crippen LogP contribution in [0.2, 0.25) is 0 Å². The van der Waals surface area contributed by atoms with E-state index in [1.165, 1.54) is 6.07 Å². The van der Waals surface area contributed by atoms with Crippen LogP contribution >= 0.6 is 0 Å². The molecule has 1 fully saturated rings. The van der Waals surface area contributed by atoms with E-state index in [-0.39, 0.29) is 6.04 Å². The van der Waals surface area contributed by atoms with Crippen molar-refractivity contribution in [1.82, 2.24) is 5.32 Å². The SMILES string of the molecule is CN(c1ccc(C(N)=O)c(C(F)(F)F)c1)C1CCCNC1. The smallest absolute Gasteiger partial charge is 0.370 e. The third kappa shape index (κ3) is 3.47. The highest BCUT2D eigenvalue weighted by molar-refractivity contribution is 5.95. The van der Waals surface area contributed by atoms with Crippen molar-refractivity contribution in [2.75, 3.05) is 25.0 Å². The highest BCUT2D eigenvalue weighted by Crippen LogP contribution is 2.35. The van der Waals surface area contributed by atoms with Gasteiger partial charge in [-0.15, -0.1) is 0 Å². The molecule has 7 heteroatoms. The number of carbonyl (C=O) groups is 1. The van der Waals surface area contributed by atoms with Crippen molar-refractivity contribution in [3.63, 3.8) is 0 Å². The fraction of sp³-hybridized carbons (Fsp3) is 0.500. The molecule has 1 atom stereocenters. The number of nitrogens with zero attached hydrogens (tertiary/aromatic N) is 1. The molecule has 0 aliphatic carbocycles. The number of carbonyl (C=O) groups excluding carboxylic acids is 1. The molecule has 1 aliphatic heterocycles. The second-order valence-corrected chi connectivity index (χ2v) is 5.20. The molecule has 0 bridgehead atoms. The minimum atomic E-state index is -4.61. The van der Waals surface area contributed by atoms with E-state index in [2.05, 4.69) is 5.32 Å². The summed E-state index contributed by atoms with van der Waals surface area (Å²) in [5, 5.41) is 3.22. The van der Waals surface area contributed by atoms with E-state index in [1.54, 1.807) is 7.05 Å². The van der Waals surface area contributed by atoms with Crippen LogP contribution in [0.3, 0.4) is 0 Å². The van der Waals surface area contributed by atoms with Gasteiger partial charge in [0.05, 0.1) is 11.1 Å². The van der Waals surface area contributed by atoms with Gasteiger partial charge in [-0.2, -0.15) is 13.2 Å². The number of amides is 1. The maximum Gasteiger partial charge on any atom is 0.417 e. The zero-order valence-electron chi connectivity index (χ0n) is 11.7. The van der Waals surface area contributed by atoms with Crippen LogP contribution in [0.25, 0.3) is 0 Å². The van der Waals surface area contributed by atoms with Gasteiger partial charge in [-0.25, -0.2) is 0 Å². The Morgan fingerprint density at radius 3 is 2.67 bits per heavy atom. The molecule has 21 heavy (non-hydrogen) atoms. The Bertz CT molecular complexity index is 525. The van der Waals surface area contributed by atoms with Gasteiger partial charge in [0.2, 0.25) is 5.91 Å². The number of anilines is 1. The summed E-state index contributed by atoms with van der Waals surface area (Å²) in [5.74, 6) is -1.07. The topological polar surface area (TPSA) is 58.4 Å². The molecular weight excluding hydrogens is 283 g/mol. The molecule has 3 N–H and O–H groups in total. The molecule has 4 nitrogen and oxygen atoms in total. The molecule has 2 rings (SSSR count). The van der Waals surface area contributed by atoms with Crippen LogP contribution in [0.15, 0.2) is 18.2 Å². The number of nitrogens with one attached hydrogen (secondary N) is 1. The summed E-state index contributed by atoms with van der Waals surface area (Å²) in [7, 11) is 1.76. The molecule has 116 valence electrons. The van der Waals surface area contributed by atoms with Gasteiger partial charge in [0.1, 0.15) is 0 Å². The van der Waals surface area contributed by atoms with Crippen LogP contribution in [0.1, 0.15) is 28.8 Å². The van der Waals surface area contributed by atoms with Gasteiger partial charge in [0, 0.05) is 25.3 Å². The minimum absolute atomic E-state index is 0.138. The lowest BCUT2D eigenvalue weighted by Crippen LogP contribution is -2.44. The zero-order chi connectivity index (χ0) is 15.6. The van der Waals surface area contributed by atoms with E-state index in [0.717, 1.165) is 38.1 Å². The Labute approximate surface area is 121 Å². The molecular formula is C14H18F3N3O. The molecule has 1 saturated heterocycles. The Hall–Kier alpha value is -1.76. The number of halogens is 3. The third-order valence-corrected chi connectivity index (χ3v) is 3.80. The van der Waals surface area contributed by atoms with Gasteiger partial charge in [-0.3, -0.25) is 4.79 Å². The molecule has 1 heterocycles. The molecule has 1 aliphatic rings. The molecule has 0 aromatic heterocycles. The van der Waals surface area contributed by atoms with Crippen LogP contribution in [0, 0.1) is 0 Å². The summed E-state index contributed by atoms with van der Waals surface area (Å²) in [5.41, 5.74) is 3.97. The van der Waals surface area contributed by atoms with E-state index < -0.39 is 23.2 Å². The van der Waals surface area contributed by atoms with Crippen LogP contribution in [0.4, 0.5) is 18.9 Å². The number of nitrogens with two attached hydrogens (primary N) is 1. The number of alkyl halides is 3. The van der Waals surface area contributed by atoms with Gasteiger partial charge in [-0.05, 0) is 37.6 Å². The van der Waals surface area contributed by atoms with Crippen molar-refractivity contribution >= 4 is 11.6 Å². The van der Waals surface area contributed by atoms with Gasteiger partial charge >= 0.3 is 6.18 Å². The summed E-state index contributed by atoms with van der Waals surface area (Å²) >= 11 is 0. The van der Waals surface area contributed by atoms with Crippen molar-refractivity contribution in [3.8, 4) is 0 Å². The molecule has 1 aromatic carbocycles. The van der Waals surface area contributed by atoms with Crippen molar-refractivity contribution < 1.29 is 18.0 Å². The highest BCUT2D eigenvalue weighted by atomic mass is 19.4. The predicted octanol–water partition coefficient (Wildman–Crippen LogP) is 1.99. The summed E-state index contributed by atoms with van der Waals surface area (Å²) in [6.07, 6.45) is -2.70. The normalized spacial score (nSPS) is 19.3.